The van der Waals surface area contributed by atoms with Crippen molar-refractivity contribution in [2.45, 2.75) is 19.4 Å². The SMILES string of the molecule is CC1CN(CN)CCCN1. The van der Waals surface area contributed by atoms with E-state index in [1.54, 1.807) is 0 Å². The molecule has 1 aliphatic heterocycles. The minimum atomic E-state index is 0.603. The van der Waals surface area contributed by atoms with E-state index < -0.39 is 0 Å². The summed E-state index contributed by atoms with van der Waals surface area (Å²) in [6, 6.07) is 0.603. The maximum absolute atomic E-state index is 5.53. The molecule has 0 spiro atoms. The second kappa shape index (κ2) is 3.91. The normalized spacial score (nSPS) is 30.0. The topological polar surface area (TPSA) is 41.3 Å². The number of hydrogen-bond donors (Lipinski definition) is 2. The van der Waals surface area contributed by atoms with Gasteiger partial charge in [-0.25, -0.2) is 0 Å². The fourth-order valence-electron chi connectivity index (χ4n) is 1.36. The Morgan fingerprint density at radius 2 is 2.50 bits per heavy atom. The molecule has 1 heterocycles. The van der Waals surface area contributed by atoms with Crippen LogP contribution in [-0.2, 0) is 0 Å². The van der Waals surface area contributed by atoms with Gasteiger partial charge in [-0.3, -0.25) is 4.90 Å². The first kappa shape index (κ1) is 7.98. The zero-order chi connectivity index (χ0) is 7.40. The predicted molar refractivity (Wildman–Crippen MR) is 42.7 cm³/mol. The summed E-state index contributed by atoms with van der Waals surface area (Å²) in [7, 11) is 0. The predicted octanol–water partition coefficient (Wildman–Crippen LogP) is -0.414. The Balaban J connectivity index is 2.30. The van der Waals surface area contributed by atoms with E-state index in [9.17, 15) is 0 Å². The highest BCUT2D eigenvalue weighted by molar-refractivity contribution is 4.71. The van der Waals surface area contributed by atoms with Crippen LogP contribution in [0.2, 0.25) is 0 Å². The van der Waals surface area contributed by atoms with Crippen LogP contribution in [0.5, 0.6) is 0 Å². The fourth-order valence-corrected chi connectivity index (χ4v) is 1.36. The first-order chi connectivity index (χ1) is 4.83. The van der Waals surface area contributed by atoms with Gasteiger partial charge in [0.2, 0.25) is 0 Å². The van der Waals surface area contributed by atoms with Gasteiger partial charge in [-0.2, -0.15) is 0 Å². The molecule has 60 valence electrons. The molecule has 10 heavy (non-hydrogen) atoms. The second-order valence-electron chi connectivity index (χ2n) is 2.97. The standard InChI is InChI=1S/C7H17N3/c1-7-5-10(6-8)4-2-3-9-7/h7,9H,2-6,8H2,1H3. The van der Waals surface area contributed by atoms with Crippen LogP contribution in [0, 0.1) is 0 Å². The van der Waals surface area contributed by atoms with E-state index in [1.807, 2.05) is 0 Å². The number of hydrogen-bond acceptors (Lipinski definition) is 3. The molecule has 1 saturated heterocycles. The summed E-state index contributed by atoms with van der Waals surface area (Å²) < 4.78 is 0. The zero-order valence-electron chi connectivity index (χ0n) is 6.64. The Bertz CT molecular complexity index is 94.9. The Labute approximate surface area is 62.6 Å². The van der Waals surface area contributed by atoms with Gasteiger partial charge in [0.15, 0.2) is 0 Å². The molecule has 3 heteroatoms. The van der Waals surface area contributed by atoms with Gasteiger partial charge in [-0.05, 0) is 19.9 Å². The summed E-state index contributed by atoms with van der Waals surface area (Å²) in [5.41, 5.74) is 5.53. The van der Waals surface area contributed by atoms with Crippen LogP contribution >= 0.6 is 0 Å². The zero-order valence-corrected chi connectivity index (χ0v) is 6.64. The van der Waals surface area contributed by atoms with Crippen molar-refractivity contribution >= 4 is 0 Å². The van der Waals surface area contributed by atoms with Crippen LogP contribution in [0.15, 0.2) is 0 Å². The molecule has 1 rings (SSSR count). The molecular formula is C7H17N3. The van der Waals surface area contributed by atoms with Crippen LogP contribution in [0.3, 0.4) is 0 Å². The van der Waals surface area contributed by atoms with Gasteiger partial charge in [-0.1, -0.05) is 0 Å². The Morgan fingerprint density at radius 3 is 3.20 bits per heavy atom. The van der Waals surface area contributed by atoms with Crippen molar-refractivity contribution < 1.29 is 0 Å². The molecule has 0 aromatic heterocycles. The summed E-state index contributed by atoms with van der Waals surface area (Å²) in [5, 5.41) is 3.41. The lowest BCUT2D eigenvalue weighted by molar-refractivity contribution is 0.280. The lowest BCUT2D eigenvalue weighted by Gasteiger charge is -2.19. The lowest BCUT2D eigenvalue weighted by atomic mass is 10.3. The lowest BCUT2D eigenvalue weighted by Crippen LogP contribution is -2.38. The first-order valence-corrected chi connectivity index (χ1v) is 3.98. The van der Waals surface area contributed by atoms with E-state index in [1.165, 1.54) is 6.42 Å². The van der Waals surface area contributed by atoms with Crippen LogP contribution in [0.4, 0.5) is 0 Å². The quantitative estimate of drug-likeness (QED) is 0.524. The molecular weight excluding hydrogens is 126 g/mol. The number of nitrogens with one attached hydrogen (secondary N) is 1. The van der Waals surface area contributed by atoms with Crippen LogP contribution in [0.25, 0.3) is 0 Å². The summed E-state index contributed by atoms with van der Waals surface area (Å²) in [5.74, 6) is 0. The second-order valence-corrected chi connectivity index (χ2v) is 2.97. The molecule has 0 aliphatic carbocycles. The van der Waals surface area contributed by atoms with Crippen molar-refractivity contribution in [3.63, 3.8) is 0 Å². The molecule has 0 saturated carbocycles. The van der Waals surface area contributed by atoms with Gasteiger partial charge in [0.1, 0.15) is 0 Å². The smallest absolute Gasteiger partial charge is 0.0455 e. The van der Waals surface area contributed by atoms with Gasteiger partial charge in [0, 0.05) is 25.8 Å². The maximum Gasteiger partial charge on any atom is 0.0455 e. The molecule has 3 nitrogen and oxygen atoms in total. The summed E-state index contributed by atoms with van der Waals surface area (Å²) in [4.78, 5) is 2.28. The molecule has 0 bridgehead atoms. The van der Waals surface area contributed by atoms with E-state index in [0.29, 0.717) is 12.7 Å². The summed E-state index contributed by atoms with van der Waals surface area (Å²) >= 11 is 0. The van der Waals surface area contributed by atoms with Crippen molar-refractivity contribution in [1.82, 2.24) is 10.2 Å². The molecule has 0 radical (unpaired) electrons. The average molecular weight is 143 g/mol. The molecule has 3 N–H and O–H groups in total. The van der Waals surface area contributed by atoms with Gasteiger partial charge >= 0.3 is 0 Å². The number of nitrogens with two attached hydrogens (primary N) is 1. The van der Waals surface area contributed by atoms with Gasteiger partial charge in [-0.15, -0.1) is 0 Å². The fraction of sp³-hybridized carbons (Fsp3) is 1.00. The van der Waals surface area contributed by atoms with Gasteiger partial charge in [0.25, 0.3) is 0 Å². The molecule has 0 aromatic carbocycles. The highest BCUT2D eigenvalue weighted by Crippen LogP contribution is 1.96. The Hall–Kier alpha value is -0.120. The van der Waals surface area contributed by atoms with E-state index >= 15 is 0 Å². The molecule has 1 aliphatic rings. The van der Waals surface area contributed by atoms with Crippen LogP contribution in [-0.4, -0.2) is 37.2 Å². The summed E-state index contributed by atoms with van der Waals surface area (Å²) in [6.07, 6.45) is 1.22. The van der Waals surface area contributed by atoms with Crippen LogP contribution < -0.4 is 11.1 Å². The van der Waals surface area contributed by atoms with E-state index in [0.717, 1.165) is 19.6 Å². The third-order valence-electron chi connectivity index (χ3n) is 1.93. The van der Waals surface area contributed by atoms with E-state index in [4.69, 9.17) is 5.73 Å². The third kappa shape index (κ3) is 2.25. The molecule has 1 atom stereocenters. The highest BCUT2D eigenvalue weighted by atomic mass is 15.2. The average Bonchev–Trinajstić information content (AvgIpc) is 2.13. The molecule has 0 aromatic rings. The largest absolute Gasteiger partial charge is 0.318 e. The van der Waals surface area contributed by atoms with Crippen LogP contribution in [0.1, 0.15) is 13.3 Å². The van der Waals surface area contributed by atoms with Gasteiger partial charge in [0.05, 0.1) is 0 Å². The van der Waals surface area contributed by atoms with Crippen molar-refractivity contribution in [2.24, 2.45) is 5.73 Å². The van der Waals surface area contributed by atoms with E-state index in [2.05, 4.69) is 17.1 Å². The molecule has 0 amide bonds. The Morgan fingerprint density at radius 1 is 1.70 bits per heavy atom. The number of nitrogens with zero attached hydrogens (tertiary/aromatic N) is 1. The highest BCUT2D eigenvalue weighted by Gasteiger charge is 2.11. The minimum absolute atomic E-state index is 0.603. The van der Waals surface area contributed by atoms with Crippen molar-refractivity contribution in [3.05, 3.63) is 0 Å². The minimum Gasteiger partial charge on any atom is -0.318 e. The molecule has 1 fully saturated rings. The Kier molecular flexibility index (Phi) is 3.12. The van der Waals surface area contributed by atoms with Crippen molar-refractivity contribution in [3.8, 4) is 0 Å². The third-order valence-corrected chi connectivity index (χ3v) is 1.93. The first-order valence-electron chi connectivity index (χ1n) is 3.98. The summed E-state index contributed by atoms with van der Waals surface area (Å²) in [6.45, 7) is 6.28. The van der Waals surface area contributed by atoms with Crippen molar-refractivity contribution in [2.75, 3.05) is 26.3 Å². The maximum atomic E-state index is 5.53. The van der Waals surface area contributed by atoms with Gasteiger partial charge < -0.3 is 11.1 Å². The van der Waals surface area contributed by atoms with E-state index in [-0.39, 0.29) is 0 Å². The number of rotatable bonds is 1. The molecule has 1 unspecified atom stereocenters. The van der Waals surface area contributed by atoms with Crippen molar-refractivity contribution in [1.29, 1.82) is 0 Å². The monoisotopic (exact) mass is 143 g/mol.